The molecule has 7 fully saturated rings. The Kier molecular flexibility index (Phi) is 13.0. The van der Waals surface area contributed by atoms with Gasteiger partial charge in [0.15, 0.2) is 0 Å². The van der Waals surface area contributed by atoms with Crippen molar-refractivity contribution < 1.29 is 29.4 Å². The van der Waals surface area contributed by atoms with Gasteiger partial charge in [-0.25, -0.2) is 0 Å². The highest BCUT2D eigenvalue weighted by molar-refractivity contribution is 5.83. The second-order valence-corrected chi connectivity index (χ2v) is 18.8. The summed E-state index contributed by atoms with van der Waals surface area (Å²) in [6.45, 7) is 13.5. The van der Waals surface area contributed by atoms with E-state index >= 15 is 0 Å². The molecule has 0 radical (unpaired) electrons. The van der Waals surface area contributed by atoms with Crippen molar-refractivity contribution in [3.05, 3.63) is 0 Å². The maximum Gasteiger partial charge on any atom is 0.240 e. The van der Waals surface area contributed by atoms with Crippen LogP contribution in [0, 0.1) is 52.8 Å². The number of nitrogens with zero attached hydrogens (tertiary/aromatic N) is 2. The van der Waals surface area contributed by atoms with E-state index in [1.54, 1.807) is 19.1 Å². The molecule has 2 amide bonds. The number of hydrogen-bond acceptors (Lipinski definition) is 10. The smallest absolute Gasteiger partial charge is 0.240 e. The summed E-state index contributed by atoms with van der Waals surface area (Å²) < 4.78 is 6.39. The lowest BCUT2D eigenvalue weighted by molar-refractivity contribution is -0.193. The zero-order valence-corrected chi connectivity index (χ0v) is 33.4. The monoisotopic (exact) mass is 733 g/mol. The lowest BCUT2D eigenvalue weighted by Crippen LogP contribution is -2.62. The highest BCUT2D eigenvalue weighted by atomic mass is 16.7. The second-order valence-electron chi connectivity index (χ2n) is 18.8. The highest BCUT2D eigenvalue weighted by Gasteiger charge is 2.58. The molecule has 2 saturated heterocycles. The predicted molar refractivity (Wildman–Crippen MR) is 201 cm³/mol. The van der Waals surface area contributed by atoms with Gasteiger partial charge in [-0.2, -0.15) is 5.06 Å². The number of carbonyl (C=O) groups is 2. The van der Waals surface area contributed by atoms with Crippen molar-refractivity contribution in [3.63, 3.8) is 0 Å². The van der Waals surface area contributed by atoms with E-state index < -0.39 is 24.2 Å². The van der Waals surface area contributed by atoms with E-state index in [-0.39, 0.29) is 54.4 Å². The molecular weight excluding hydrogens is 660 g/mol. The summed E-state index contributed by atoms with van der Waals surface area (Å²) in [7, 11) is 6.06. The Bertz CT molecular complexity index is 1210. The van der Waals surface area contributed by atoms with Gasteiger partial charge in [-0.1, -0.05) is 27.2 Å². The van der Waals surface area contributed by atoms with Crippen LogP contribution >= 0.6 is 0 Å². The van der Waals surface area contributed by atoms with Gasteiger partial charge >= 0.3 is 0 Å². The Morgan fingerprint density at radius 2 is 1.83 bits per heavy atom. The van der Waals surface area contributed by atoms with Crippen LogP contribution in [0.15, 0.2) is 0 Å². The van der Waals surface area contributed by atoms with Gasteiger partial charge in [-0.3, -0.25) is 14.4 Å². The number of aliphatic hydroxyl groups is 2. The quantitative estimate of drug-likeness (QED) is 0.176. The molecule has 7 aliphatic rings. The number of piperazine rings is 1. The number of amides is 2. The molecule has 7 rings (SSSR count). The SMILES string of the molecule is COC1C(CN2O[C@@H](CO)[C@@H]([C@H](C)O)[C@H]2C(=O)N[C@H]2C[C@H]3C[C@@H]([C@@H]2C)C3(C)C)CCCC1C1CC(C(=O)NCC2CNC(C)CN2)CC(N(C)C)C1. The summed E-state index contributed by atoms with van der Waals surface area (Å²) in [6, 6.07) is 0.391. The molecule has 12 heteroatoms. The number of ether oxygens (including phenoxy) is 1. The molecule has 6 N–H and O–H groups in total. The molecule has 298 valence electrons. The van der Waals surface area contributed by atoms with Gasteiger partial charge < -0.3 is 41.1 Å². The van der Waals surface area contributed by atoms with Crippen molar-refractivity contribution in [1.82, 2.24) is 31.2 Å². The van der Waals surface area contributed by atoms with Crippen LogP contribution in [-0.4, -0.2) is 135 Å². The summed E-state index contributed by atoms with van der Waals surface area (Å²) >= 11 is 0. The number of hydrogen-bond donors (Lipinski definition) is 6. The van der Waals surface area contributed by atoms with Crippen molar-refractivity contribution in [2.45, 2.75) is 135 Å². The van der Waals surface area contributed by atoms with Gasteiger partial charge in [0.1, 0.15) is 12.1 Å². The van der Waals surface area contributed by atoms with E-state index in [2.05, 4.69) is 68.0 Å². The van der Waals surface area contributed by atoms with Crippen molar-refractivity contribution in [3.8, 4) is 0 Å². The zero-order valence-electron chi connectivity index (χ0n) is 33.4. The standard InChI is InChI=1S/C40H72N6O6/c1-22-17-42-29(18-41-22)19-43-38(49)27-12-26(13-30(14-27)45(6)7)31-11-9-10-25(37(31)51-8)20-46-36(35(24(3)48)34(21-47)52-46)39(50)44-33-16-28-15-32(23(33)2)40(28,4)5/h22-37,41-42,47-48H,9-21H2,1-8H3,(H,43,49)(H,44,50)/t22?,23-,24-,25?,26?,27?,28+,29?,30?,31?,32-,33-,34-,35+,36-,37?/m0/s1. The molecule has 2 aliphatic heterocycles. The Labute approximate surface area is 313 Å². The van der Waals surface area contributed by atoms with E-state index in [4.69, 9.17) is 9.57 Å². The van der Waals surface area contributed by atoms with Gasteiger partial charge in [-0.05, 0) is 108 Å². The summed E-state index contributed by atoms with van der Waals surface area (Å²) in [4.78, 5) is 36.7. The van der Waals surface area contributed by atoms with Crippen LogP contribution in [-0.2, 0) is 19.2 Å². The predicted octanol–water partition coefficient (Wildman–Crippen LogP) is 1.99. The molecule has 0 aromatic rings. The van der Waals surface area contributed by atoms with Crippen LogP contribution < -0.4 is 21.3 Å². The fraction of sp³-hybridized carbons (Fsp3) is 0.950. The first kappa shape index (κ1) is 40.3. The number of rotatable bonds is 12. The third-order valence-electron chi connectivity index (χ3n) is 15.1. The molecule has 0 aromatic carbocycles. The minimum Gasteiger partial charge on any atom is -0.394 e. The summed E-state index contributed by atoms with van der Waals surface area (Å²) in [5.41, 5.74) is 0.317. The number of nitrogens with one attached hydrogen (secondary N) is 4. The molecule has 0 aromatic heterocycles. The second kappa shape index (κ2) is 16.8. The third kappa shape index (κ3) is 8.25. The van der Waals surface area contributed by atoms with Crippen LogP contribution in [0.25, 0.3) is 0 Å². The van der Waals surface area contributed by atoms with E-state index in [0.29, 0.717) is 54.3 Å². The maximum absolute atomic E-state index is 14.3. The summed E-state index contributed by atoms with van der Waals surface area (Å²) in [5, 5.41) is 36.9. The van der Waals surface area contributed by atoms with E-state index in [1.165, 1.54) is 6.42 Å². The van der Waals surface area contributed by atoms with Gasteiger partial charge in [-0.15, -0.1) is 0 Å². The third-order valence-corrected chi connectivity index (χ3v) is 15.1. The van der Waals surface area contributed by atoms with E-state index in [1.807, 2.05) is 0 Å². The van der Waals surface area contributed by atoms with Crippen molar-refractivity contribution >= 4 is 11.8 Å². The molecular formula is C40H72N6O6. The Hall–Kier alpha value is -1.38. The fourth-order valence-corrected chi connectivity index (χ4v) is 11.8. The van der Waals surface area contributed by atoms with Crippen LogP contribution in [0.1, 0.15) is 86.0 Å². The number of aliphatic hydroxyl groups excluding tert-OH is 2. The van der Waals surface area contributed by atoms with Crippen LogP contribution in [0.5, 0.6) is 0 Å². The fourth-order valence-electron chi connectivity index (χ4n) is 11.8. The minimum absolute atomic E-state index is 0.0506. The van der Waals surface area contributed by atoms with Gasteiger partial charge in [0.25, 0.3) is 0 Å². The number of hydroxylamine groups is 2. The van der Waals surface area contributed by atoms with Crippen molar-refractivity contribution in [1.29, 1.82) is 0 Å². The normalized spacial score (nSPS) is 44.2. The largest absolute Gasteiger partial charge is 0.394 e. The van der Waals surface area contributed by atoms with Crippen LogP contribution in [0.2, 0.25) is 0 Å². The van der Waals surface area contributed by atoms with Gasteiger partial charge in [0, 0.05) is 75.2 Å². The van der Waals surface area contributed by atoms with Crippen LogP contribution in [0.4, 0.5) is 0 Å². The molecule has 2 bridgehead atoms. The van der Waals surface area contributed by atoms with Crippen LogP contribution in [0.3, 0.4) is 0 Å². The molecule has 5 saturated carbocycles. The molecule has 0 spiro atoms. The molecule has 16 atom stereocenters. The highest BCUT2D eigenvalue weighted by Crippen LogP contribution is 2.61. The van der Waals surface area contributed by atoms with E-state index in [9.17, 15) is 19.8 Å². The average Bonchev–Trinajstić information content (AvgIpc) is 3.50. The average molecular weight is 733 g/mol. The first-order chi connectivity index (χ1) is 24.7. The summed E-state index contributed by atoms with van der Waals surface area (Å²) in [6.07, 6.45) is 6.44. The Morgan fingerprint density at radius 3 is 2.44 bits per heavy atom. The lowest BCUT2D eigenvalue weighted by atomic mass is 9.45. The molecule has 8 unspecified atom stereocenters. The van der Waals surface area contributed by atoms with E-state index in [0.717, 1.165) is 58.0 Å². The molecule has 5 aliphatic carbocycles. The first-order valence-corrected chi connectivity index (χ1v) is 20.7. The lowest BCUT2D eigenvalue weighted by Gasteiger charge is -2.62. The molecule has 52 heavy (non-hydrogen) atoms. The molecule has 12 nitrogen and oxygen atoms in total. The number of carbonyl (C=O) groups excluding carboxylic acids is 2. The van der Waals surface area contributed by atoms with Gasteiger partial charge in [0.05, 0.1) is 18.8 Å². The molecule has 2 heterocycles. The number of methoxy groups -OCH3 is 1. The minimum atomic E-state index is -0.826. The van der Waals surface area contributed by atoms with Crippen molar-refractivity contribution in [2.24, 2.45) is 52.8 Å². The topological polar surface area (TPSA) is 148 Å². The summed E-state index contributed by atoms with van der Waals surface area (Å²) in [5.74, 6) is 1.76. The maximum atomic E-state index is 14.3. The zero-order chi connectivity index (χ0) is 37.5. The van der Waals surface area contributed by atoms with Crippen molar-refractivity contribution in [2.75, 3.05) is 54.0 Å². The number of fused-ring (bicyclic) bond motifs is 2. The first-order valence-electron chi connectivity index (χ1n) is 20.7. The Morgan fingerprint density at radius 1 is 1.06 bits per heavy atom. The Balaban J connectivity index is 1.14. The van der Waals surface area contributed by atoms with Gasteiger partial charge in [0.2, 0.25) is 11.8 Å².